The van der Waals surface area contributed by atoms with E-state index in [1.807, 2.05) is 12.1 Å². The van der Waals surface area contributed by atoms with Crippen molar-refractivity contribution in [1.29, 1.82) is 0 Å². The second-order valence-electron chi connectivity index (χ2n) is 7.28. The van der Waals surface area contributed by atoms with Crippen molar-refractivity contribution in [2.24, 2.45) is 0 Å². The summed E-state index contributed by atoms with van der Waals surface area (Å²) in [5.74, 6) is -1.99. The molecule has 5 nitrogen and oxygen atoms in total. The van der Waals surface area contributed by atoms with Gasteiger partial charge in [0.1, 0.15) is 16.5 Å². The standard InChI is InChI=1S/C20H20ClF2N3O2S/c1-24-6-8-25(9-7-24)12-14-2-4-19-16(10-14)17(21)13-26(19)29(27,28)20-5-3-15(22)11-18(20)23/h2-5,10-11,13H,6-9,12H2,1H3. The number of benzene rings is 2. The van der Waals surface area contributed by atoms with Crippen LogP contribution in [0.4, 0.5) is 8.78 Å². The van der Waals surface area contributed by atoms with Crippen molar-refractivity contribution in [3.63, 3.8) is 0 Å². The zero-order valence-electron chi connectivity index (χ0n) is 15.8. The Labute approximate surface area is 173 Å². The van der Waals surface area contributed by atoms with Gasteiger partial charge < -0.3 is 4.90 Å². The number of rotatable bonds is 4. The Morgan fingerprint density at radius 1 is 1.03 bits per heavy atom. The normalized spacial score (nSPS) is 16.6. The predicted molar refractivity (Wildman–Crippen MR) is 109 cm³/mol. The average Bonchev–Trinajstić information content (AvgIpc) is 3.00. The van der Waals surface area contributed by atoms with E-state index in [4.69, 9.17) is 11.6 Å². The maximum Gasteiger partial charge on any atom is 0.271 e. The number of piperazine rings is 1. The molecule has 0 atom stereocenters. The lowest BCUT2D eigenvalue weighted by Gasteiger charge is -2.32. The van der Waals surface area contributed by atoms with Crippen LogP contribution in [0.1, 0.15) is 5.56 Å². The molecule has 0 radical (unpaired) electrons. The highest BCUT2D eigenvalue weighted by molar-refractivity contribution is 7.90. The monoisotopic (exact) mass is 439 g/mol. The second-order valence-corrected chi connectivity index (χ2v) is 9.47. The summed E-state index contributed by atoms with van der Waals surface area (Å²) in [6, 6.07) is 7.77. The molecule has 0 bridgehead atoms. The average molecular weight is 440 g/mol. The Morgan fingerprint density at radius 2 is 1.76 bits per heavy atom. The molecule has 0 aliphatic carbocycles. The molecule has 0 N–H and O–H groups in total. The summed E-state index contributed by atoms with van der Waals surface area (Å²) in [6.07, 6.45) is 1.25. The molecule has 29 heavy (non-hydrogen) atoms. The number of aromatic nitrogens is 1. The van der Waals surface area contributed by atoms with Gasteiger partial charge in [-0.3, -0.25) is 4.90 Å². The van der Waals surface area contributed by atoms with Crippen LogP contribution in [0.15, 0.2) is 47.5 Å². The minimum Gasteiger partial charge on any atom is -0.304 e. The molecule has 3 aromatic rings. The number of likely N-dealkylation sites (N-methyl/N-ethyl adjacent to an activating group) is 1. The van der Waals surface area contributed by atoms with Gasteiger partial charge >= 0.3 is 0 Å². The lowest BCUT2D eigenvalue weighted by Crippen LogP contribution is -2.43. The Morgan fingerprint density at radius 3 is 2.45 bits per heavy atom. The third kappa shape index (κ3) is 3.90. The van der Waals surface area contributed by atoms with Gasteiger partial charge in [-0.25, -0.2) is 21.2 Å². The molecule has 1 fully saturated rings. The molecular formula is C20H20ClF2N3O2S. The van der Waals surface area contributed by atoms with E-state index in [9.17, 15) is 17.2 Å². The van der Waals surface area contributed by atoms with E-state index in [-0.39, 0.29) is 5.02 Å². The first-order chi connectivity index (χ1) is 13.8. The number of halogens is 3. The van der Waals surface area contributed by atoms with Crippen LogP contribution in [0.25, 0.3) is 10.9 Å². The van der Waals surface area contributed by atoms with Crippen molar-refractivity contribution in [1.82, 2.24) is 13.8 Å². The topological polar surface area (TPSA) is 45.5 Å². The molecule has 154 valence electrons. The van der Waals surface area contributed by atoms with Gasteiger partial charge in [-0.1, -0.05) is 17.7 Å². The maximum atomic E-state index is 14.1. The summed E-state index contributed by atoms with van der Waals surface area (Å²) in [7, 11) is -2.17. The highest BCUT2D eigenvalue weighted by atomic mass is 35.5. The molecule has 2 heterocycles. The van der Waals surface area contributed by atoms with Gasteiger partial charge in [0.25, 0.3) is 10.0 Å². The largest absolute Gasteiger partial charge is 0.304 e. The van der Waals surface area contributed by atoms with Crippen molar-refractivity contribution in [2.75, 3.05) is 33.2 Å². The van der Waals surface area contributed by atoms with Gasteiger partial charge in [-0.2, -0.15) is 0 Å². The molecule has 9 heteroatoms. The van der Waals surface area contributed by atoms with Crippen LogP contribution in [0.2, 0.25) is 5.02 Å². The molecule has 0 amide bonds. The summed E-state index contributed by atoms with van der Waals surface area (Å²) in [5, 5.41) is 0.829. The molecule has 1 aliphatic heterocycles. The molecule has 2 aromatic carbocycles. The molecule has 0 spiro atoms. The fraction of sp³-hybridized carbons (Fsp3) is 0.300. The lowest BCUT2D eigenvalue weighted by molar-refractivity contribution is 0.148. The lowest BCUT2D eigenvalue weighted by atomic mass is 10.1. The van der Waals surface area contributed by atoms with E-state index < -0.39 is 26.6 Å². The van der Waals surface area contributed by atoms with E-state index in [0.717, 1.165) is 54.4 Å². The van der Waals surface area contributed by atoms with Crippen LogP contribution in [-0.2, 0) is 16.6 Å². The van der Waals surface area contributed by atoms with Crippen molar-refractivity contribution in [3.8, 4) is 0 Å². The highest BCUT2D eigenvalue weighted by Crippen LogP contribution is 2.31. The molecule has 0 unspecified atom stereocenters. The first-order valence-corrected chi connectivity index (χ1v) is 11.0. The van der Waals surface area contributed by atoms with Gasteiger partial charge in [0.2, 0.25) is 0 Å². The third-order valence-corrected chi connectivity index (χ3v) is 7.23. The van der Waals surface area contributed by atoms with Crippen LogP contribution in [-0.4, -0.2) is 55.4 Å². The third-order valence-electron chi connectivity index (χ3n) is 5.22. The van der Waals surface area contributed by atoms with Crippen molar-refractivity contribution in [2.45, 2.75) is 11.4 Å². The zero-order valence-corrected chi connectivity index (χ0v) is 17.3. The first kappa shape index (κ1) is 20.3. The summed E-state index contributed by atoms with van der Waals surface area (Å²) in [6.45, 7) is 4.66. The Kier molecular flexibility index (Phi) is 5.37. The molecule has 4 rings (SSSR count). The second kappa shape index (κ2) is 7.68. The Balaban J connectivity index is 1.70. The SMILES string of the molecule is CN1CCN(Cc2ccc3c(c2)c(Cl)cn3S(=O)(=O)c2ccc(F)cc2F)CC1. The zero-order chi connectivity index (χ0) is 20.8. The number of hydrogen-bond donors (Lipinski definition) is 0. The van der Waals surface area contributed by atoms with Gasteiger partial charge in [0, 0.05) is 50.4 Å². The van der Waals surface area contributed by atoms with Crippen molar-refractivity contribution in [3.05, 3.63) is 64.8 Å². The first-order valence-electron chi connectivity index (χ1n) is 9.17. The minimum atomic E-state index is -4.26. The van der Waals surface area contributed by atoms with Crippen LogP contribution in [0, 0.1) is 11.6 Å². The Bertz CT molecular complexity index is 1170. The quantitative estimate of drug-likeness (QED) is 0.623. The molecule has 1 aromatic heterocycles. The molecule has 1 saturated heterocycles. The van der Waals surface area contributed by atoms with E-state index in [0.29, 0.717) is 17.0 Å². The summed E-state index contributed by atoms with van der Waals surface area (Å²) in [5.41, 5.74) is 1.37. The van der Waals surface area contributed by atoms with E-state index in [1.165, 1.54) is 6.20 Å². The molecular weight excluding hydrogens is 420 g/mol. The fourth-order valence-electron chi connectivity index (χ4n) is 3.56. The number of nitrogens with zero attached hydrogens (tertiary/aromatic N) is 3. The van der Waals surface area contributed by atoms with Crippen molar-refractivity contribution < 1.29 is 17.2 Å². The van der Waals surface area contributed by atoms with Crippen LogP contribution in [0.3, 0.4) is 0 Å². The van der Waals surface area contributed by atoms with Crippen LogP contribution < -0.4 is 0 Å². The smallest absolute Gasteiger partial charge is 0.271 e. The van der Waals surface area contributed by atoms with E-state index >= 15 is 0 Å². The van der Waals surface area contributed by atoms with Crippen molar-refractivity contribution >= 4 is 32.5 Å². The van der Waals surface area contributed by atoms with Crippen LogP contribution >= 0.6 is 11.6 Å². The van der Waals surface area contributed by atoms with E-state index in [1.54, 1.807) is 6.07 Å². The van der Waals surface area contributed by atoms with Gasteiger partial charge in [0.05, 0.1) is 10.5 Å². The summed E-state index contributed by atoms with van der Waals surface area (Å²) < 4.78 is 54.2. The molecule has 1 aliphatic rings. The fourth-order valence-corrected chi connectivity index (χ4v) is 5.29. The van der Waals surface area contributed by atoms with E-state index in [2.05, 4.69) is 16.8 Å². The predicted octanol–water partition coefficient (Wildman–Crippen LogP) is 3.56. The van der Waals surface area contributed by atoms with Crippen LogP contribution in [0.5, 0.6) is 0 Å². The van der Waals surface area contributed by atoms with Gasteiger partial charge in [0.15, 0.2) is 0 Å². The van der Waals surface area contributed by atoms with Gasteiger partial charge in [-0.15, -0.1) is 0 Å². The molecule has 0 saturated carbocycles. The maximum absolute atomic E-state index is 14.1. The highest BCUT2D eigenvalue weighted by Gasteiger charge is 2.25. The minimum absolute atomic E-state index is 0.256. The summed E-state index contributed by atoms with van der Waals surface area (Å²) in [4.78, 5) is 4.00. The van der Waals surface area contributed by atoms with Gasteiger partial charge in [-0.05, 0) is 36.9 Å². The summed E-state index contributed by atoms with van der Waals surface area (Å²) >= 11 is 6.31. The number of fused-ring (bicyclic) bond motifs is 1. The Hall–Kier alpha value is -2.00. The number of hydrogen-bond acceptors (Lipinski definition) is 4.